The smallest absolute Gasteiger partial charge is 0.0421 e. The molecule has 0 fully saturated rings. The molecule has 1 aliphatic carbocycles. The summed E-state index contributed by atoms with van der Waals surface area (Å²) in [5.41, 5.74) is 8.92. The van der Waals surface area contributed by atoms with Crippen molar-refractivity contribution in [2.75, 3.05) is 5.75 Å². The topological polar surface area (TPSA) is 26.0 Å². The highest BCUT2D eigenvalue weighted by Gasteiger charge is 2.28. The molecule has 1 aromatic carbocycles. The molecule has 0 amide bonds. The number of hydrogen-bond acceptors (Lipinski definition) is 2. The van der Waals surface area contributed by atoms with Gasteiger partial charge in [-0.3, -0.25) is 0 Å². The van der Waals surface area contributed by atoms with Gasteiger partial charge in [-0.25, -0.2) is 0 Å². The summed E-state index contributed by atoms with van der Waals surface area (Å²) in [6, 6.07) is 8.69. The summed E-state index contributed by atoms with van der Waals surface area (Å²) >= 11 is 1.91. The van der Waals surface area contributed by atoms with Crippen molar-refractivity contribution in [1.82, 2.24) is 0 Å². The van der Waals surface area contributed by atoms with Gasteiger partial charge in [-0.15, -0.1) is 6.58 Å². The van der Waals surface area contributed by atoms with Crippen LogP contribution in [-0.2, 0) is 6.42 Å². The van der Waals surface area contributed by atoms with Gasteiger partial charge in [0, 0.05) is 17.0 Å². The first-order valence-electron chi connectivity index (χ1n) is 4.89. The maximum Gasteiger partial charge on any atom is 0.0421 e. The minimum absolute atomic E-state index is 0.205. The highest BCUT2D eigenvalue weighted by atomic mass is 32.2. The zero-order valence-corrected chi connectivity index (χ0v) is 8.96. The Balaban J connectivity index is 2.13. The van der Waals surface area contributed by atoms with Crippen LogP contribution >= 0.6 is 11.8 Å². The molecule has 2 unspecified atom stereocenters. The van der Waals surface area contributed by atoms with Crippen LogP contribution in [-0.4, -0.2) is 11.0 Å². The standard InChI is InChI=1S/C12H15NS/c1-2-7-14-11-8-9-5-3-4-6-10(9)12(11)13/h2-6,11-12H,1,7-8,13H2. The molecule has 0 aromatic heterocycles. The van der Waals surface area contributed by atoms with Crippen molar-refractivity contribution in [2.45, 2.75) is 17.7 Å². The van der Waals surface area contributed by atoms with Crippen LogP contribution in [0.15, 0.2) is 36.9 Å². The third kappa shape index (κ3) is 1.72. The molecule has 0 bridgehead atoms. The van der Waals surface area contributed by atoms with Crippen molar-refractivity contribution >= 4 is 11.8 Å². The summed E-state index contributed by atoms with van der Waals surface area (Å²) < 4.78 is 0. The van der Waals surface area contributed by atoms with E-state index in [0.29, 0.717) is 5.25 Å². The van der Waals surface area contributed by atoms with Gasteiger partial charge in [0.25, 0.3) is 0 Å². The van der Waals surface area contributed by atoms with Crippen LogP contribution in [0.4, 0.5) is 0 Å². The second-order valence-electron chi connectivity index (χ2n) is 3.59. The van der Waals surface area contributed by atoms with Crippen LogP contribution in [0.1, 0.15) is 17.2 Å². The molecule has 2 N–H and O–H groups in total. The molecule has 2 atom stereocenters. The second kappa shape index (κ2) is 4.20. The van der Waals surface area contributed by atoms with E-state index in [-0.39, 0.29) is 6.04 Å². The third-order valence-corrected chi connectivity index (χ3v) is 3.98. The largest absolute Gasteiger partial charge is 0.323 e. The molecular weight excluding hydrogens is 190 g/mol. The van der Waals surface area contributed by atoms with Crippen LogP contribution in [0.2, 0.25) is 0 Å². The Labute approximate surface area is 89.4 Å². The minimum Gasteiger partial charge on any atom is -0.323 e. The number of nitrogens with two attached hydrogens (primary N) is 1. The van der Waals surface area contributed by atoms with E-state index in [9.17, 15) is 0 Å². The summed E-state index contributed by atoms with van der Waals surface area (Å²) in [6.45, 7) is 3.73. The van der Waals surface area contributed by atoms with E-state index in [2.05, 4.69) is 30.8 Å². The van der Waals surface area contributed by atoms with Gasteiger partial charge in [-0.1, -0.05) is 30.3 Å². The monoisotopic (exact) mass is 205 g/mol. The Bertz CT molecular complexity index is 335. The molecule has 0 radical (unpaired) electrons. The normalized spacial score (nSPS) is 24.6. The molecule has 0 spiro atoms. The molecule has 1 aromatic rings. The van der Waals surface area contributed by atoms with E-state index in [0.717, 1.165) is 12.2 Å². The molecular formula is C12H15NS. The van der Waals surface area contributed by atoms with Gasteiger partial charge in [0.1, 0.15) is 0 Å². The van der Waals surface area contributed by atoms with Gasteiger partial charge in [0.2, 0.25) is 0 Å². The van der Waals surface area contributed by atoms with E-state index in [1.54, 1.807) is 0 Å². The lowest BCUT2D eigenvalue weighted by Gasteiger charge is -2.14. The number of benzene rings is 1. The number of fused-ring (bicyclic) bond motifs is 1. The average Bonchev–Trinajstić information content (AvgIpc) is 2.54. The Hall–Kier alpha value is -0.730. The van der Waals surface area contributed by atoms with Gasteiger partial charge in [-0.05, 0) is 17.5 Å². The van der Waals surface area contributed by atoms with Crippen LogP contribution in [0.5, 0.6) is 0 Å². The lowest BCUT2D eigenvalue weighted by molar-refractivity contribution is 0.732. The second-order valence-corrected chi connectivity index (χ2v) is 4.86. The van der Waals surface area contributed by atoms with Crippen LogP contribution in [0, 0.1) is 0 Å². The Morgan fingerprint density at radius 2 is 2.29 bits per heavy atom. The predicted molar refractivity (Wildman–Crippen MR) is 63.5 cm³/mol. The Kier molecular flexibility index (Phi) is 2.94. The van der Waals surface area contributed by atoms with Gasteiger partial charge in [0.15, 0.2) is 0 Å². The third-order valence-electron chi connectivity index (χ3n) is 2.66. The summed E-state index contributed by atoms with van der Waals surface area (Å²) in [5, 5.41) is 0.533. The Morgan fingerprint density at radius 3 is 3.00 bits per heavy atom. The van der Waals surface area contributed by atoms with Crippen molar-refractivity contribution in [3.63, 3.8) is 0 Å². The van der Waals surface area contributed by atoms with E-state index in [4.69, 9.17) is 5.73 Å². The molecule has 0 heterocycles. The number of rotatable bonds is 3. The molecule has 74 valence electrons. The van der Waals surface area contributed by atoms with Gasteiger partial charge in [0.05, 0.1) is 0 Å². The Morgan fingerprint density at radius 1 is 1.50 bits per heavy atom. The average molecular weight is 205 g/mol. The van der Waals surface area contributed by atoms with Crippen LogP contribution in [0.25, 0.3) is 0 Å². The maximum atomic E-state index is 6.18. The number of hydrogen-bond donors (Lipinski definition) is 1. The van der Waals surface area contributed by atoms with Crippen molar-refractivity contribution in [3.8, 4) is 0 Å². The van der Waals surface area contributed by atoms with Gasteiger partial charge in [-0.2, -0.15) is 11.8 Å². The van der Waals surface area contributed by atoms with E-state index >= 15 is 0 Å². The molecule has 0 aliphatic heterocycles. The fourth-order valence-electron chi connectivity index (χ4n) is 1.94. The highest BCUT2D eigenvalue weighted by Crippen LogP contribution is 2.36. The van der Waals surface area contributed by atoms with E-state index < -0.39 is 0 Å². The summed E-state index contributed by atoms with van der Waals surface area (Å²) in [4.78, 5) is 0. The van der Waals surface area contributed by atoms with Crippen molar-refractivity contribution in [1.29, 1.82) is 0 Å². The van der Waals surface area contributed by atoms with Crippen LogP contribution < -0.4 is 5.73 Å². The first-order chi connectivity index (χ1) is 6.83. The zero-order chi connectivity index (χ0) is 9.97. The lowest BCUT2D eigenvalue weighted by Crippen LogP contribution is -2.19. The molecule has 0 saturated heterocycles. The van der Waals surface area contributed by atoms with Crippen LogP contribution in [0.3, 0.4) is 0 Å². The van der Waals surface area contributed by atoms with Crippen molar-refractivity contribution < 1.29 is 0 Å². The van der Waals surface area contributed by atoms with Gasteiger partial charge >= 0.3 is 0 Å². The van der Waals surface area contributed by atoms with E-state index in [1.165, 1.54) is 11.1 Å². The van der Waals surface area contributed by atoms with Gasteiger partial charge < -0.3 is 5.73 Å². The predicted octanol–water partition coefficient (Wildman–Crippen LogP) is 2.53. The van der Waals surface area contributed by atoms with E-state index in [1.807, 2.05) is 17.8 Å². The summed E-state index contributed by atoms with van der Waals surface area (Å²) in [6.07, 6.45) is 3.05. The maximum absolute atomic E-state index is 6.18. The molecule has 1 nitrogen and oxygen atoms in total. The molecule has 0 saturated carbocycles. The first kappa shape index (κ1) is 9.81. The molecule has 2 heteroatoms. The van der Waals surface area contributed by atoms with Crippen molar-refractivity contribution in [3.05, 3.63) is 48.0 Å². The molecule has 2 rings (SSSR count). The molecule has 14 heavy (non-hydrogen) atoms. The minimum atomic E-state index is 0.205. The highest BCUT2D eigenvalue weighted by molar-refractivity contribution is 8.00. The number of thioether (sulfide) groups is 1. The lowest BCUT2D eigenvalue weighted by atomic mass is 10.1. The quantitative estimate of drug-likeness (QED) is 0.767. The molecule has 1 aliphatic rings. The SMILES string of the molecule is C=CCSC1Cc2ccccc2C1N. The fourth-order valence-corrected chi connectivity index (χ4v) is 2.98. The fraction of sp³-hybridized carbons (Fsp3) is 0.333. The summed E-state index contributed by atoms with van der Waals surface area (Å²) in [5.74, 6) is 0.992. The van der Waals surface area contributed by atoms with Crippen molar-refractivity contribution in [2.24, 2.45) is 5.73 Å². The zero-order valence-electron chi connectivity index (χ0n) is 8.15. The first-order valence-corrected chi connectivity index (χ1v) is 5.93. The summed E-state index contributed by atoms with van der Waals surface area (Å²) in [7, 11) is 0.